The molecule has 3 rings (SSSR count). The number of aromatic nitrogens is 1. The minimum Gasteiger partial charge on any atom is -0.496 e. The summed E-state index contributed by atoms with van der Waals surface area (Å²) in [7, 11) is 1.57. The summed E-state index contributed by atoms with van der Waals surface area (Å²) < 4.78 is 5.26. The minimum absolute atomic E-state index is 0.0705. The number of hydrogen-bond acceptors (Lipinski definition) is 3. The molecule has 0 saturated carbocycles. The highest BCUT2D eigenvalue weighted by Crippen LogP contribution is 2.37. The maximum absolute atomic E-state index is 12.4. The number of halogens is 1. The van der Waals surface area contributed by atoms with E-state index < -0.39 is 0 Å². The molecule has 2 aromatic rings. The highest BCUT2D eigenvalue weighted by atomic mass is 35.5. The van der Waals surface area contributed by atoms with Crippen LogP contribution >= 0.6 is 11.6 Å². The first kappa shape index (κ1) is 13.1. The Bertz CT molecular complexity index is 669. The van der Waals surface area contributed by atoms with Gasteiger partial charge in [-0.05, 0) is 30.0 Å². The second-order valence-corrected chi connectivity index (χ2v) is 5.29. The Morgan fingerprint density at radius 2 is 2.05 bits per heavy atom. The van der Waals surface area contributed by atoms with E-state index in [-0.39, 0.29) is 11.7 Å². The third-order valence-corrected chi connectivity index (χ3v) is 4.05. The van der Waals surface area contributed by atoms with Crippen molar-refractivity contribution >= 4 is 17.4 Å². The fraction of sp³-hybridized carbons (Fsp3) is 0.250. The molecule has 0 bridgehead atoms. The van der Waals surface area contributed by atoms with Crippen LogP contribution in [0.15, 0.2) is 36.5 Å². The van der Waals surface area contributed by atoms with Crippen molar-refractivity contribution < 1.29 is 9.53 Å². The van der Waals surface area contributed by atoms with Crippen molar-refractivity contribution in [2.45, 2.75) is 18.8 Å². The molecule has 1 aromatic heterocycles. The molecular formula is C16H14ClNO2. The Morgan fingerprint density at radius 3 is 2.80 bits per heavy atom. The Labute approximate surface area is 122 Å². The van der Waals surface area contributed by atoms with Gasteiger partial charge < -0.3 is 4.74 Å². The number of hydrogen-bond donors (Lipinski definition) is 0. The van der Waals surface area contributed by atoms with E-state index in [0.29, 0.717) is 29.2 Å². The minimum atomic E-state index is 0.0705. The van der Waals surface area contributed by atoms with Gasteiger partial charge in [0.25, 0.3) is 0 Å². The van der Waals surface area contributed by atoms with Gasteiger partial charge >= 0.3 is 0 Å². The van der Waals surface area contributed by atoms with Gasteiger partial charge in [0.1, 0.15) is 5.75 Å². The maximum Gasteiger partial charge on any atom is 0.169 e. The number of nitrogens with zero attached hydrogens (tertiary/aromatic N) is 1. The molecule has 1 aliphatic carbocycles. The van der Waals surface area contributed by atoms with E-state index in [0.717, 1.165) is 11.3 Å². The zero-order valence-electron chi connectivity index (χ0n) is 11.1. The molecule has 102 valence electrons. The van der Waals surface area contributed by atoms with Gasteiger partial charge in [-0.15, -0.1) is 0 Å². The standard InChI is InChI=1S/C16H14ClNO2/c1-20-15-6-7-18-13-8-10(9-14(19)16(13)15)11-4-2-3-5-12(11)17/h2-7,10H,8-9H2,1H3. The van der Waals surface area contributed by atoms with Crippen molar-refractivity contribution in [1.29, 1.82) is 0 Å². The van der Waals surface area contributed by atoms with Gasteiger partial charge in [-0.3, -0.25) is 9.78 Å². The molecule has 1 unspecified atom stereocenters. The van der Waals surface area contributed by atoms with E-state index in [1.807, 2.05) is 24.3 Å². The topological polar surface area (TPSA) is 39.2 Å². The normalized spacial score (nSPS) is 17.7. The summed E-state index contributed by atoms with van der Waals surface area (Å²) in [5.41, 5.74) is 2.43. The summed E-state index contributed by atoms with van der Waals surface area (Å²) in [6, 6.07) is 9.40. The van der Waals surface area contributed by atoms with E-state index in [2.05, 4.69) is 4.98 Å². The summed E-state index contributed by atoms with van der Waals surface area (Å²) in [5.74, 6) is 0.766. The number of carbonyl (C=O) groups excluding carboxylic acids is 1. The predicted molar refractivity (Wildman–Crippen MR) is 77.6 cm³/mol. The number of benzene rings is 1. The summed E-state index contributed by atoms with van der Waals surface area (Å²) in [6.45, 7) is 0. The van der Waals surface area contributed by atoms with Crippen molar-refractivity contribution in [2.75, 3.05) is 7.11 Å². The molecule has 0 fully saturated rings. The third kappa shape index (κ3) is 2.18. The molecule has 0 amide bonds. The molecule has 0 saturated heterocycles. The third-order valence-electron chi connectivity index (χ3n) is 3.71. The van der Waals surface area contributed by atoms with Crippen LogP contribution in [0.2, 0.25) is 5.02 Å². The first-order valence-electron chi connectivity index (χ1n) is 6.50. The number of Topliss-reactive ketones (excluding diaryl/α,β-unsaturated/α-hetero) is 1. The predicted octanol–water partition coefficient (Wildman–Crippen LogP) is 3.66. The van der Waals surface area contributed by atoms with Gasteiger partial charge in [-0.2, -0.15) is 0 Å². The highest BCUT2D eigenvalue weighted by Gasteiger charge is 2.30. The average molecular weight is 288 g/mol. The van der Waals surface area contributed by atoms with Crippen LogP contribution in [0.1, 0.15) is 34.0 Å². The first-order valence-corrected chi connectivity index (χ1v) is 6.88. The zero-order chi connectivity index (χ0) is 14.1. The quantitative estimate of drug-likeness (QED) is 0.846. The molecule has 3 nitrogen and oxygen atoms in total. The van der Waals surface area contributed by atoms with Crippen molar-refractivity contribution in [2.24, 2.45) is 0 Å². The molecule has 1 atom stereocenters. The Morgan fingerprint density at radius 1 is 1.25 bits per heavy atom. The lowest BCUT2D eigenvalue weighted by atomic mass is 9.81. The van der Waals surface area contributed by atoms with Gasteiger partial charge in [-0.25, -0.2) is 0 Å². The number of pyridine rings is 1. The van der Waals surface area contributed by atoms with E-state index in [1.165, 1.54) is 0 Å². The van der Waals surface area contributed by atoms with Crippen molar-refractivity contribution in [3.63, 3.8) is 0 Å². The smallest absolute Gasteiger partial charge is 0.169 e. The Balaban J connectivity index is 2.02. The molecule has 0 N–H and O–H groups in total. The Hall–Kier alpha value is -1.87. The van der Waals surface area contributed by atoms with Crippen molar-refractivity contribution in [3.05, 3.63) is 58.4 Å². The second-order valence-electron chi connectivity index (χ2n) is 4.88. The van der Waals surface area contributed by atoms with Crippen molar-refractivity contribution in [1.82, 2.24) is 4.98 Å². The summed E-state index contributed by atoms with van der Waals surface area (Å²) in [4.78, 5) is 16.7. The molecular weight excluding hydrogens is 274 g/mol. The number of rotatable bonds is 2. The summed E-state index contributed by atoms with van der Waals surface area (Å²) in [6.07, 6.45) is 2.83. The zero-order valence-corrected chi connectivity index (χ0v) is 11.9. The first-order chi connectivity index (χ1) is 9.70. The van der Waals surface area contributed by atoms with Crippen LogP contribution in [0, 0.1) is 0 Å². The fourth-order valence-electron chi connectivity index (χ4n) is 2.77. The van der Waals surface area contributed by atoms with E-state index in [1.54, 1.807) is 19.4 Å². The molecule has 20 heavy (non-hydrogen) atoms. The second kappa shape index (κ2) is 5.25. The van der Waals surface area contributed by atoms with E-state index >= 15 is 0 Å². The van der Waals surface area contributed by atoms with Crippen LogP contribution in [0.5, 0.6) is 5.75 Å². The van der Waals surface area contributed by atoms with E-state index in [4.69, 9.17) is 16.3 Å². The van der Waals surface area contributed by atoms with Crippen LogP contribution in [0.25, 0.3) is 0 Å². The lowest BCUT2D eigenvalue weighted by molar-refractivity contribution is 0.0959. The van der Waals surface area contributed by atoms with Gasteiger partial charge in [0, 0.05) is 17.6 Å². The van der Waals surface area contributed by atoms with Crippen LogP contribution in [0.3, 0.4) is 0 Å². The SMILES string of the molecule is COc1ccnc2c1C(=O)CC(c1ccccc1Cl)C2. The van der Waals surface area contributed by atoms with E-state index in [9.17, 15) is 4.79 Å². The number of ether oxygens (including phenoxy) is 1. The van der Waals surface area contributed by atoms with Gasteiger partial charge in [0.2, 0.25) is 0 Å². The Kier molecular flexibility index (Phi) is 3.45. The fourth-order valence-corrected chi connectivity index (χ4v) is 3.06. The summed E-state index contributed by atoms with van der Waals surface area (Å²) >= 11 is 6.23. The van der Waals surface area contributed by atoms with Gasteiger partial charge in [0.15, 0.2) is 5.78 Å². The van der Waals surface area contributed by atoms with Crippen LogP contribution in [-0.2, 0) is 6.42 Å². The lowest BCUT2D eigenvalue weighted by Gasteiger charge is -2.24. The molecule has 0 aliphatic heterocycles. The summed E-state index contributed by atoms with van der Waals surface area (Å²) in [5, 5.41) is 0.705. The number of carbonyl (C=O) groups is 1. The molecule has 0 spiro atoms. The van der Waals surface area contributed by atoms with Crippen LogP contribution in [0.4, 0.5) is 0 Å². The molecule has 1 heterocycles. The largest absolute Gasteiger partial charge is 0.496 e. The van der Waals surface area contributed by atoms with Crippen LogP contribution in [-0.4, -0.2) is 17.9 Å². The molecule has 0 radical (unpaired) electrons. The van der Waals surface area contributed by atoms with Crippen LogP contribution < -0.4 is 4.74 Å². The van der Waals surface area contributed by atoms with Gasteiger partial charge in [0.05, 0.1) is 18.4 Å². The van der Waals surface area contributed by atoms with Gasteiger partial charge in [-0.1, -0.05) is 29.8 Å². The number of methoxy groups -OCH3 is 1. The lowest BCUT2D eigenvalue weighted by Crippen LogP contribution is -2.21. The molecule has 1 aromatic carbocycles. The average Bonchev–Trinajstić information content (AvgIpc) is 2.46. The molecule has 1 aliphatic rings. The van der Waals surface area contributed by atoms with Crippen molar-refractivity contribution in [3.8, 4) is 5.75 Å². The highest BCUT2D eigenvalue weighted by molar-refractivity contribution is 6.31. The monoisotopic (exact) mass is 287 g/mol. The number of ketones is 1. The maximum atomic E-state index is 12.4. The number of fused-ring (bicyclic) bond motifs is 1. The molecule has 4 heteroatoms.